The first-order valence-electron chi connectivity index (χ1n) is 8.22. The molecule has 0 fully saturated rings. The van der Waals surface area contributed by atoms with E-state index in [2.05, 4.69) is 15.5 Å². The molecule has 0 spiro atoms. The molecule has 2 heterocycles. The zero-order valence-electron chi connectivity index (χ0n) is 14.2. The van der Waals surface area contributed by atoms with Crippen molar-refractivity contribution in [2.75, 3.05) is 11.1 Å². The molecule has 1 aliphatic heterocycles. The summed E-state index contributed by atoms with van der Waals surface area (Å²) in [4.78, 5) is 24.2. The van der Waals surface area contributed by atoms with Gasteiger partial charge >= 0.3 is 0 Å². The average molecular weight is 383 g/mol. The molecule has 0 radical (unpaired) electrons. The van der Waals surface area contributed by atoms with Crippen LogP contribution in [0, 0.1) is 5.82 Å². The Hall–Kier alpha value is -3.00. The van der Waals surface area contributed by atoms with Crippen molar-refractivity contribution in [3.8, 4) is 11.5 Å². The molecule has 0 saturated carbocycles. The summed E-state index contributed by atoms with van der Waals surface area (Å²) in [7, 11) is 0. The molecule has 0 bridgehead atoms. The Balaban J connectivity index is 1.45. The fourth-order valence-electron chi connectivity index (χ4n) is 2.81. The smallest absolute Gasteiger partial charge is 0.277 e. The number of fused-ring (bicyclic) bond motifs is 1. The molecule has 2 aromatic carbocycles. The van der Waals surface area contributed by atoms with E-state index >= 15 is 0 Å². The fourth-order valence-corrected chi connectivity index (χ4v) is 3.47. The topological polar surface area (TPSA) is 85.1 Å². The average Bonchev–Trinajstić information content (AvgIpc) is 3.25. The van der Waals surface area contributed by atoms with E-state index < -0.39 is 5.82 Å². The Labute approximate surface area is 158 Å². The number of ketones is 1. The van der Waals surface area contributed by atoms with Crippen molar-refractivity contribution in [3.05, 3.63) is 59.4 Å². The number of benzene rings is 2. The van der Waals surface area contributed by atoms with Gasteiger partial charge in [-0.1, -0.05) is 23.9 Å². The minimum absolute atomic E-state index is 0.0685. The number of nitrogens with zero attached hydrogens (tertiary/aromatic N) is 2. The molecule has 1 aliphatic rings. The number of Topliss-reactive ketones (excluding diaryl/α,β-unsaturated/α-hetero) is 1. The van der Waals surface area contributed by atoms with E-state index in [1.54, 1.807) is 43.3 Å². The highest BCUT2D eigenvalue weighted by Crippen LogP contribution is 2.33. The number of rotatable bonds is 5. The number of amides is 1. The lowest BCUT2D eigenvalue weighted by atomic mass is 9.99. The number of thioether (sulfide) groups is 1. The van der Waals surface area contributed by atoms with Gasteiger partial charge < -0.3 is 9.73 Å². The Morgan fingerprint density at radius 2 is 2.07 bits per heavy atom. The first kappa shape index (κ1) is 17.4. The number of nitrogens with one attached hydrogen (secondary N) is 1. The summed E-state index contributed by atoms with van der Waals surface area (Å²) < 4.78 is 19.2. The molecule has 0 saturated heterocycles. The van der Waals surface area contributed by atoms with Crippen molar-refractivity contribution in [1.29, 1.82) is 0 Å². The molecule has 4 rings (SSSR count). The summed E-state index contributed by atoms with van der Waals surface area (Å²) in [6.45, 7) is 1.80. The third kappa shape index (κ3) is 3.35. The molecule has 27 heavy (non-hydrogen) atoms. The Morgan fingerprint density at radius 3 is 2.89 bits per heavy atom. The van der Waals surface area contributed by atoms with Crippen molar-refractivity contribution >= 4 is 29.1 Å². The molecule has 3 aromatic rings. The molecule has 8 heteroatoms. The van der Waals surface area contributed by atoms with Crippen LogP contribution in [-0.2, 0) is 4.79 Å². The van der Waals surface area contributed by atoms with Crippen LogP contribution in [0.3, 0.4) is 0 Å². The van der Waals surface area contributed by atoms with Crippen molar-refractivity contribution < 1.29 is 18.4 Å². The third-order valence-electron chi connectivity index (χ3n) is 4.33. The van der Waals surface area contributed by atoms with Gasteiger partial charge in [-0.25, -0.2) is 4.39 Å². The van der Waals surface area contributed by atoms with E-state index in [4.69, 9.17) is 4.42 Å². The summed E-state index contributed by atoms with van der Waals surface area (Å²) in [6.07, 6.45) is 0. The predicted octanol–water partition coefficient (Wildman–Crippen LogP) is 3.91. The molecule has 1 aromatic heterocycles. The zero-order chi connectivity index (χ0) is 19.0. The highest BCUT2D eigenvalue weighted by Gasteiger charge is 2.27. The van der Waals surface area contributed by atoms with Gasteiger partial charge in [-0.3, -0.25) is 9.59 Å². The van der Waals surface area contributed by atoms with E-state index in [9.17, 15) is 14.0 Å². The largest absolute Gasteiger partial charge is 0.411 e. The molecule has 0 aliphatic carbocycles. The number of carbonyl (C=O) groups is 2. The van der Waals surface area contributed by atoms with Crippen molar-refractivity contribution in [1.82, 2.24) is 10.2 Å². The highest BCUT2D eigenvalue weighted by atomic mass is 32.2. The molecule has 0 unspecified atom stereocenters. The Bertz CT molecular complexity index is 1050. The van der Waals surface area contributed by atoms with Crippen molar-refractivity contribution in [3.63, 3.8) is 0 Å². The number of halogens is 1. The predicted molar refractivity (Wildman–Crippen MR) is 98.2 cm³/mol. The van der Waals surface area contributed by atoms with Gasteiger partial charge in [0.2, 0.25) is 5.91 Å². The van der Waals surface area contributed by atoms with E-state index in [0.29, 0.717) is 5.56 Å². The molecule has 6 nitrogen and oxygen atoms in total. The summed E-state index contributed by atoms with van der Waals surface area (Å²) in [5.74, 6) is -0.772. The monoisotopic (exact) mass is 383 g/mol. The molecular formula is C19H14FN3O3S. The van der Waals surface area contributed by atoms with E-state index in [1.807, 2.05) is 0 Å². The second-order valence-corrected chi connectivity index (χ2v) is 7.00. The van der Waals surface area contributed by atoms with Crippen LogP contribution in [0.2, 0.25) is 0 Å². The summed E-state index contributed by atoms with van der Waals surface area (Å²) in [6, 6.07) is 11.3. The maximum Gasteiger partial charge on any atom is 0.277 e. The SMILES string of the molecule is C[C@H]1C(=O)Nc2ccc(C(=O)CSc3nnc(-c4ccccc4F)o3)cc21. The van der Waals surface area contributed by atoms with Crippen molar-refractivity contribution in [2.24, 2.45) is 0 Å². The second-order valence-electron chi connectivity index (χ2n) is 6.08. The van der Waals surface area contributed by atoms with Gasteiger partial charge in [-0.15, -0.1) is 10.2 Å². The molecule has 1 N–H and O–H groups in total. The van der Waals surface area contributed by atoms with Gasteiger partial charge in [-0.2, -0.15) is 0 Å². The lowest BCUT2D eigenvalue weighted by Crippen LogP contribution is -2.08. The fraction of sp³-hybridized carbons (Fsp3) is 0.158. The summed E-state index contributed by atoms with van der Waals surface area (Å²) >= 11 is 1.08. The van der Waals surface area contributed by atoms with Crippen LogP contribution in [0.1, 0.15) is 28.8 Å². The van der Waals surface area contributed by atoms with Gasteiger partial charge in [0.15, 0.2) is 5.78 Å². The molecule has 136 valence electrons. The maximum atomic E-state index is 13.8. The minimum atomic E-state index is -0.454. The van der Waals surface area contributed by atoms with Gasteiger partial charge in [0.1, 0.15) is 5.82 Å². The van der Waals surface area contributed by atoms with Crippen molar-refractivity contribution in [2.45, 2.75) is 18.1 Å². The quantitative estimate of drug-likeness (QED) is 0.531. The van der Waals surface area contributed by atoms with Crippen LogP contribution >= 0.6 is 11.8 Å². The van der Waals surface area contributed by atoms with Crippen LogP contribution in [0.25, 0.3) is 11.5 Å². The number of hydrogen-bond donors (Lipinski definition) is 1. The number of aromatic nitrogens is 2. The maximum absolute atomic E-state index is 13.8. The van der Waals surface area contributed by atoms with E-state index in [-0.39, 0.29) is 40.0 Å². The van der Waals surface area contributed by atoms with Gasteiger partial charge in [0, 0.05) is 11.3 Å². The summed E-state index contributed by atoms with van der Waals surface area (Å²) in [5.41, 5.74) is 2.28. The number of carbonyl (C=O) groups excluding carboxylic acids is 2. The van der Waals surface area contributed by atoms with Crippen LogP contribution < -0.4 is 5.32 Å². The van der Waals surface area contributed by atoms with Gasteiger partial charge in [0.05, 0.1) is 17.2 Å². The third-order valence-corrected chi connectivity index (χ3v) is 5.15. The normalized spacial score (nSPS) is 15.5. The Morgan fingerprint density at radius 1 is 1.26 bits per heavy atom. The molecule has 1 amide bonds. The van der Waals surface area contributed by atoms with Gasteiger partial charge in [0.25, 0.3) is 11.1 Å². The highest BCUT2D eigenvalue weighted by molar-refractivity contribution is 7.99. The Kier molecular flexibility index (Phi) is 4.49. The van der Waals surface area contributed by atoms with Crippen LogP contribution in [0.4, 0.5) is 10.1 Å². The summed E-state index contributed by atoms with van der Waals surface area (Å²) in [5, 5.41) is 10.6. The van der Waals surface area contributed by atoms with E-state index in [1.165, 1.54) is 6.07 Å². The van der Waals surface area contributed by atoms with Crippen LogP contribution in [0.5, 0.6) is 0 Å². The lowest BCUT2D eigenvalue weighted by Gasteiger charge is -2.04. The minimum Gasteiger partial charge on any atom is -0.411 e. The first-order valence-corrected chi connectivity index (χ1v) is 9.20. The lowest BCUT2D eigenvalue weighted by molar-refractivity contribution is -0.116. The number of hydrogen-bond acceptors (Lipinski definition) is 6. The molecule has 1 atom stereocenters. The number of anilines is 1. The van der Waals surface area contributed by atoms with E-state index in [0.717, 1.165) is 23.0 Å². The second kappa shape index (κ2) is 6.96. The first-order chi connectivity index (χ1) is 13.0. The molecular weight excluding hydrogens is 369 g/mol. The zero-order valence-corrected chi connectivity index (χ0v) is 15.0. The standard InChI is InChI=1S/C19H14FN3O3S/c1-10-13-8-11(6-7-15(13)21-17(10)25)16(24)9-27-19-23-22-18(26-19)12-4-2-3-5-14(12)20/h2-8,10H,9H2,1H3,(H,21,25)/t10-/m1/s1. The van der Waals surface area contributed by atoms with Crippen LogP contribution in [-0.4, -0.2) is 27.6 Å². The van der Waals surface area contributed by atoms with Gasteiger partial charge in [-0.05, 0) is 42.8 Å². The van der Waals surface area contributed by atoms with Crippen LogP contribution in [0.15, 0.2) is 52.1 Å².